The molecule has 6 atom stereocenters. The summed E-state index contributed by atoms with van der Waals surface area (Å²) < 4.78 is 23.6. The smallest absolute Gasteiger partial charge is 0.351 e. The first-order valence-corrected chi connectivity index (χ1v) is 11.2. The number of allylic oxidation sites excluding steroid dienone is 3. The molecule has 0 spiro atoms. The van der Waals surface area contributed by atoms with Gasteiger partial charge in [-0.2, -0.15) is 0 Å². The molecule has 176 valence electrons. The first-order valence-electron chi connectivity index (χ1n) is 11.2. The van der Waals surface area contributed by atoms with Crippen LogP contribution in [0.2, 0.25) is 0 Å². The van der Waals surface area contributed by atoms with E-state index in [4.69, 9.17) is 18.9 Å². The molecule has 3 aliphatic rings. The minimum atomic E-state index is -1.62. The van der Waals surface area contributed by atoms with Crippen LogP contribution in [0.1, 0.15) is 67.7 Å². The second-order valence-corrected chi connectivity index (χ2v) is 9.42. The van der Waals surface area contributed by atoms with E-state index in [1.165, 1.54) is 0 Å². The van der Waals surface area contributed by atoms with Crippen molar-refractivity contribution in [3.05, 3.63) is 34.9 Å². The Kier molecular flexibility index (Phi) is 6.70. The topological polar surface area (TPSA) is 91.4 Å². The average molecular weight is 447 g/mol. The molecule has 1 aliphatic carbocycles. The second kappa shape index (κ2) is 8.85. The van der Waals surface area contributed by atoms with Gasteiger partial charge in [0.15, 0.2) is 0 Å². The lowest BCUT2D eigenvalue weighted by atomic mass is 9.76. The van der Waals surface area contributed by atoms with Crippen molar-refractivity contribution in [2.24, 2.45) is 5.92 Å². The highest BCUT2D eigenvalue weighted by atomic mass is 16.7. The largest absolute Gasteiger partial charge is 0.458 e. The van der Waals surface area contributed by atoms with E-state index in [-0.39, 0.29) is 0 Å². The van der Waals surface area contributed by atoms with Gasteiger partial charge in [0.25, 0.3) is 0 Å². The van der Waals surface area contributed by atoms with Crippen LogP contribution in [0.15, 0.2) is 34.9 Å². The molecule has 0 aromatic heterocycles. The molecule has 0 bridgehead atoms. The minimum absolute atomic E-state index is 0.379. The summed E-state index contributed by atoms with van der Waals surface area (Å²) in [7, 11) is 0. The zero-order valence-corrected chi connectivity index (χ0v) is 20.0. The molecule has 0 aromatic carbocycles. The van der Waals surface area contributed by atoms with Gasteiger partial charge >= 0.3 is 17.9 Å². The number of fused-ring (bicyclic) bond motifs is 2. The number of ether oxygens (including phenoxy) is 4. The molecular weight excluding hydrogens is 412 g/mol. The molecule has 1 unspecified atom stereocenters. The van der Waals surface area contributed by atoms with E-state index < -0.39 is 53.3 Å². The van der Waals surface area contributed by atoms with E-state index in [0.29, 0.717) is 17.6 Å². The highest BCUT2D eigenvalue weighted by Crippen LogP contribution is 2.51. The Hall–Kier alpha value is -2.41. The van der Waals surface area contributed by atoms with Crippen LogP contribution in [0.5, 0.6) is 0 Å². The van der Waals surface area contributed by atoms with Crippen molar-refractivity contribution < 1.29 is 33.3 Å². The summed E-state index contributed by atoms with van der Waals surface area (Å²) in [6.07, 6.45) is 5.60. The van der Waals surface area contributed by atoms with E-state index in [0.717, 1.165) is 18.4 Å². The summed E-state index contributed by atoms with van der Waals surface area (Å²) >= 11 is 0. The molecule has 3 rings (SSSR count). The normalized spacial score (nSPS) is 39.1. The quantitative estimate of drug-likeness (QED) is 0.212. The summed E-state index contributed by atoms with van der Waals surface area (Å²) in [6.45, 7) is 12.3. The van der Waals surface area contributed by atoms with E-state index in [2.05, 4.69) is 6.08 Å². The van der Waals surface area contributed by atoms with Crippen LogP contribution in [0.3, 0.4) is 0 Å². The highest BCUT2D eigenvalue weighted by molar-refractivity contribution is 5.92. The Morgan fingerprint density at radius 3 is 2.38 bits per heavy atom. The molecule has 2 fully saturated rings. The molecule has 0 saturated carbocycles. The lowest BCUT2D eigenvalue weighted by molar-refractivity contribution is -0.176. The predicted molar refractivity (Wildman–Crippen MR) is 117 cm³/mol. The fraction of sp³-hybridized carbons (Fsp3) is 0.640. The van der Waals surface area contributed by atoms with E-state index in [1.807, 2.05) is 13.8 Å². The third-order valence-electron chi connectivity index (χ3n) is 7.01. The molecule has 2 heterocycles. The Bertz CT molecular complexity index is 898. The van der Waals surface area contributed by atoms with Gasteiger partial charge in [-0.3, -0.25) is 0 Å². The molecule has 0 amide bonds. The highest BCUT2D eigenvalue weighted by Gasteiger charge is 2.68. The maximum absolute atomic E-state index is 13.1. The van der Waals surface area contributed by atoms with Crippen molar-refractivity contribution >= 4 is 17.9 Å². The van der Waals surface area contributed by atoms with Crippen molar-refractivity contribution in [1.82, 2.24) is 0 Å². The number of esters is 3. The number of carbonyl (C=O) groups excluding carboxylic acids is 3. The second-order valence-electron chi connectivity index (χ2n) is 9.42. The van der Waals surface area contributed by atoms with Crippen LogP contribution in [-0.4, -0.2) is 47.4 Å². The summed E-state index contributed by atoms with van der Waals surface area (Å²) in [5.74, 6) is -2.45. The molecule has 2 aliphatic heterocycles. The van der Waals surface area contributed by atoms with Gasteiger partial charge < -0.3 is 18.9 Å². The molecule has 2 saturated heterocycles. The van der Waals surface area contributed by atoms with Gasteiger partial charge in [-0.15, -0.1) is 0 Å². The van der Waals surface area contributed by atoms with Crippen molar-refractivity contribution in [2.75, 3.05) is 0 Å². The lowest BCUT2D eigenvalue weighted by Gasteiger charge is -2.35. The van der Waals surface area contributed by atoms with Crippen LogP contribution in [0.4, 0.5) is 0 Å². The van der Waals surface area contributed by atoms with Gasteiger partial charge in [0, 0.05) is 17.6 Å². The van der Waals surface area contributed by atoms with Gasteiger partial charge in [0.1, 0.15) is 18.3 Å². The van der Waals surface area contributed by atoms with Crippen LogP contribution < -0.4 is 0 Å². The van der Waals surface area contributed by atoms with E-state index >= 15 is 0 Å². The summed E-state index contributed by atoms with van der Waals surface area (Å²) in [5, 5.41) is 0. The Labute approximate surface area is 189 Å². The predicted octanol–water partition coefficient (Wildman–Crippen LogP) is 3.96. The van der Waals surface area contributed by atoms with Crippen molar-refractivity contribution in [2.45, 2.75) is 97.2 Å². The van der Waals surface area contributed by atoms with Crippen molar-refractivity contribution in [3.8, 4) is 0 Å². The van der Waals surface area contributed by atoms with Gasteiger partial charge in [-0.1, -0.05) is 23.8 Å². The Balaban J connectivity index is 2.08. The molecule has 0 radical (unpaired) electrons. The minimum Gasteiger partial charge on any atom is -0.458 e. The van der Waals surface area contributed by atoms with Gasteiger partial charge in [0.05, 0.1) is 11.5 Å². The summed E-state index contributed by atoms with van der Waals surface area (Å²) in [4.78, 5) is 38.6. The van der Waals surface area contributed by atoms with E-state index in [9.17, 15) is 14.4 Å². The number of hydrogen-bond acceptors (Lipinski definition) is 7. The number of epoxide rings is 1. The molecular formula is C25H34O7. The third kappa shape index (κ3) is 4.40. The van der Waals surface area contributed by atoms with E-state index in [1.54, 1.807) is 46.8 Å². The van der Waals surface area contributed by atoms with Crippen molar-refractivity contribution in [1.29, 1.82) is 0 Å². The number of carbonyl (C=O) groups is 3. The monoisotopic (exact) mass is 446 g/mol. The van der Waals surface area contributed by atoms with Crippen LogP contribution in [0, 0.1) is 5.92 Å². The molecule has 32 heavy (non-hydrogen) atoms. The molecule has 0 aromatic rings. The zero-order valence-electron chi connectivity index (χ0n) is 20.0. The SMILES string of the molecule is C/C=C(/C)C(=O)OC1[C@@H]2[C@@H](C/C(C)=C/CC[C@@]3(C)O[C@@H]13)OC(=O)[C@]2(C)OC(=O)/C(C)=C\C. The van der Waals surface area contributed by atoms with Gasteiger partial charge in [-0.05, 0) is 61.3 Å². The average Bonchev–Trinajstić information content (AvgIpc) is 3.35. The first-order chi connectivity index (χ1) is 15.0. The molecule has 0 N–H and O–H groups in total. The number of hydrogen-bond donors (Lipinski definition) is 0. The first kappa shape index (κ1) is 24.2. The van der Waals surface area contributed by atoms with Crippen molar-refractivity contribution in [3.63, 3.8) is 0 Å². The standard InChI is InChI=1S/C25H34O7/c1-8-15(4)21(26)30-19-18-17(13-14(3)11-10-12-24(6)20(19)31-24)29-23(28)25(18,7)32-22(27)16(5)9-2/h8-9,11,17-20H,10,12-13H2,1-7H3/b14-11+,15-8-,16-9-/t17-,18+,19?,20+,24-,25-/m1/s1. The Morgan fingerprint density at radius 1 is 1.12 bits per heavy atom. The Morgan fingerprint density at radius 2 is 1.75 bits per heavy atom. The summed E-state index contributed by atoms with van der Waals surface area (Å²) in [6, 6.07) is 0. The van der Waals surface area contributed by atoms with Crippen LogP contribution in [0.25, 0.3) is 0 Å². The fourth-order valence-corrected chi connectivity index (χ4v) is 4.55. The summed E-state index contributed by atoms with van der Waals surface area (Å²) in [5.41, 5.74) is -0.225. The molecule has 7 nitrogen and oxygen atoms in total. The maximum Gasteiger partial charge on any atom is 0.351 e. The fourth-order valence-electron chi connectivity index (χ4n) is 4.55. The third-order valence-corrected chi connectivity index (χ3v) is 7.01. The number of rotatable bonds is 4. The molecule has 7 heteroatoms. The van der Waals surface area contributed by atoms with Crippen LogP contribution >= 0.6 is 0 Å². The van der Waals surface area contributed by atoms with Gasteiger partial charge in [0.2, 0.25) is 5.60 Å². The van der Waals surface area contributed by atoms with Gasteiger partial charge in [-0.25, -0.2) is 14.4 Å². The maximum atomic E-state index is 13.1. The zero-order chi connectivity index (χ0) is 23.8. The van der Waals surface area contributed by atoms with Crippen LogP contribution in [-0.2, 0) is 33.3 Å². The lowest BCUT2D eigenvalue weighted by Crippen LogP contribution is -2.52.